The van der Waals surface area contributed by atoms with Crippen molar-refractivity contribution in [3.63, 3.8) is 0 Å². The van der Waals surface area contributed by atoms with Gasteiger partial charge < -0.3 is 9.84 Å². The van der Waals surface area contributed by atoms with Crippen LogP contribution in [0.4, 0.5) is 5.13 Å². The van der Waals surface area contributed by atoms with Crippen molar-refractivity contribution in [1.82, 2.24) is 19.7 Å². The Morgan fingerprint density at radius 2 is 2.25 bits per heavy atom. The summed E-state index contributed by atoms with van der Waals surface area (Å²) in [5.74, 6) is -1.36. The first-order valence-electron chi connectivity index (χ1n) is 8.41. The highest BCUT2D eigenvalue weighted by Gasteiger charge is 2.23. The van der Waals surface area contributed by atoms with Gasteiger partial charge in [-0.05, 0) is 19.8 Å². The summed E-state index contributed by atoms with van der Waals surface area (Å²) in [5.41, 5.74) is -0.675. The van der Waals surface area contributed by atoms with Crippen LogP contribution in [-0.2, 0) is 16.1 Å². The molecule has 2 N–H and O–H groups in total. The van der Waals surface area contributed by atoms with Crippen molar-refractivity contribution < 1.29 is 19.4 Å². The zero-order valence-electron chi connectivity index (χ0n) is 14.7. The normalized spacial score (nSPS) is 16.5. The molecule has 12 heteroatoms. The number of aryl methyl sites for hydroxylation is 1. The Bertz CT molecular complexity index is 1130. The van der Waals surface area contributed by atoms with Crippen molar-refractivity contribution in [1.29, 1.82) is 0 Å². The Morgan fingerprint density at radius 1 is 1.43 bits per heavy atom. The fourth-order valence-corrected chi connectivity index (χ4v) is 4.75. The number of anilines is 1. The van der Waals surface area contributed by atoms with Gasteiger partial charge in [0, 0.05) is 12.0 Å². The average molecular weight is 421 g/mol. The number of rotatable bonds is 5. The number of amides is 1. The van der Waals surface area contributed by atoms with Crippen molar-refractivity contribution in [3.05, 3.63) is 32.1 Å². The molecule has 1 aliphatic rings. The molecule has 4 heterocycles. The summed E-state index contributed by atoms with van der Waals surface area (Å²) in [6.45, 7) is 1.97. The summed E-state index contributed by atoms with van der Waals surface area (Å²) < 4.78 is 6.69. The highest BCUT2D eigenvalue weighted by atomic mass is 32.1. The topological polar surface area (TPSA) is 136 Å². The third-order valence-corrected chi connectivity index (χ3v) is 6.11. The molecular formula is C16H15N5O5S2. The van der Waals surface area contributed by atoms with E-state index >= 15 is 0 Å². The fourth-order valence-electron chi connectivity index (χ4n) is 2.96. The lowest BCUT2D eigenvalue weighted by Crippen LogP contribution is -2.30. The highest BCUT2D eigenvalue weighted by molar-refractivity contribution is 7.17. The summed E-state index contributed by atoms with van der Waals surface area (Å²) in [4.78, 5) is 41.1. The molecule has 1 saturated heterocycles. The van der Waals surface area contributed by atoms with Crippen LogP contribution in [0.2, 0.25) is 0 Å². The molecule has 3 aromatic heterocycles. The second-order valence-corrected chi connectivity index (χ2v) is 8.05. The lowest BCUT2D eigenvalue weighted by atomic mass is 10.2. The number of carboxylic acid groups (broad SMARTS) is 1. The molecule has 10 nitrogen and oxygen atoms in total. The Morgan fingerprint density at radius 3 is 2.96 bits per heavy atom. The van der Waals surface area contributed by atoms with Crippen LogP contribution >= 0.6 is 22.7 Å². The zero-order valence-corrected chi connectivity index (χ0v) is 16.3. The van der Waals surface area contributed by atoms with E-state index in [0.29, 0.717) is 27.4 Å². The van der Waals surface area contributed by atoms with Crippen LogP contribution in [-0.4, -0.2) is 43.3 Å². The van der Waals surface area contributed by atoms with Crippen LogP contribution in [0, 0.1) is 6.92 Å². The largest absolute Gasteiger partial charge is 0.478 e. The third kappa shape index (κ3) is 3.41. The lowest BCUT2D eigenvalue weighted by Gasteiger charge is -2.09. The van der Waals surface area contributed by atoms with Crippen molar-refractivity contribution in [3.8, 4) is 0 Å². The van der Waals surface area contributed by atoms with E-state index in [-0.39, 0.29) is 23.6 Å². The van der Waals surface area contributed by atoms with Gasteiger partial charge in [0.1, 0.15) is 28.3 Å². The molecule has 0 bridgehead atoms. The van der Waals surface area contributed by atoms with Crippen molar-refractivity contribution >= 4 is 49.9 Å². The van der Waals surface area contributed by atoms with E-state index in [1.807, 2.05) is 0 Å². The number of aromatic carboxylic acids is 1. The molecular weight excluding hydrogens is 406 g/mol. The Labute approximate surface area is 165 Å². The van der Waals surface area contributed by atoms with E-state index in [1.54, 1.807) is 6.92 Å². The number of fused-ring (bicyclic) bond motifs is 1. The molecule has 0 aliphatic carbocycles. The average Bonchev–Trinajstić information content (AvgIpc) is 3.37. The predicted molar refractivity (Wildman–Crippen MR) is 102 cm³/mol. The number of thiophene rings is 1. The van der Waals surface area contributed by atoms with E-state index in [9.17, 15) is 19.5 Å². The minimum absolute atomic E-state index is 0.00693. The zero-order chi connectivity index (χ0) is 19.8. The van der Waals surface area contributed by atoms with Gasteiger partial charge in [0.25, 0.3) is 5.56 Å². The summed E-state index contributed by atoms with van der Waals surface area (Å²) in [6.07, 6.45) is 1.74. The molecule has 4 rings (SSSR count). The van der Waals surface area contributed by atoms with Crippen LogP contribution in [0.1, 0.15) is 40.1 Å². The standard InChI is InChI=1S/C16H15N5O5S2/c1-7-17-13-11(8(6-27-13)15(24)25)14(23)21(7)5-10(22)18-16-20-19-12(28-16)9-3-2-4-26-9/h6,9H,2-5H2,1H3,(H,24,25)(H,18,20,22). The van der Waals surface area contributed by atoms with Crippen LogP contribution in [0.15, 0.2) is 10.2 Å². The monoisotopic (exact) mass is 421 g/mol. The van der Waals surface area contributed by atoms with E-state index in [0.717, 1.165) is 28.7 Å². The van der Waals surface area contributed by atoms with Crippen LogP contribution in [0.5, 0.6) is 0 Å². The molecule has 1 atom stereocenters. The van der Waals surface area contributed by atoms with E-state index in [2.05, 4.69) is 20.5 Å². The maximum Gasteiger partial charge on any atom is 0.337 e. The molecule has 1 unspecified atom stereocenters. The molecule has 146 valence electrons. The summed E-state index contributed by atoms with van der Waals surface area (Å²) >= 11 is 2.31. The van der Waals surface area contributed by atoms with Crippen LogP contribution in [0.25, 0.3) is 10.2 Å². The molecule has 1 amide bonds. The third-order valence-electron chi connectivity index (χ3n) is 4.31. The Kier molecular flexibility index (Phi) is 4.91. The highest BCUT2D eigenvalue weighted by Crippen LogP contribution is 2.31. The van der Waals surface area contributed by atoms with Gasteiger partial charge in [0.05, 0.1) is 10.9 Å². The maximum atomic E-state index is 12.7. The minimum atomic E-state index is -1.21. The van der Waals surface area contributed by atoms with E-state index < -0.39 is 17.4 Å². The van der Waals surface area contributed by atoms with E-state index in [4.69, 9.17) is 4.74 Å². The van der Waals surface area contributed by atoms with Crippen LogP contribution in [0.3, 0.4) is 0 Å². The quantitative estimate of drug-likeness (QED) is 0.636. The van der Waals surface area contributed by atoms with E-state index in [1.165, 1.54) is 16.7 Å². The number of nitrogens with zero attached hydrogens (tertiary/aromatic N) is 4. The number of nitrogens with one attached hydrogen (secondary N) is 1. The van der Waals surface area contributed by atoms with Gasteiger partial charge >= 0.3 is 5.97 Å². The molecule has 0 radical (unpaired) electrons. The van der Waals surface area contributed by atoms with Gasteiger partial charge in [-0.25, -0.2) is 9.78 Å². The number of hydrogen-bond acceptors (Lipinski definition) is 9. The number of aromatic nitrogens is 4. The SMILES string of the molecule is Cc1nc2scc(C(=O)O)c2c(=O)n1CC(=O)Nc1nnc(C2CCCO2)s1. The Balaban J connectivity index is 1.56. The van der Waals surface area contributed by atoms with Gasteiger partial charge in [0.15, 0.2) is 0 Å². The maximum absolute atomic E-state index is 12.7. The number of hydrogen-bond donors (Lipinski definition) is 2. The van der Waals surface area contributed by atoms with Crippen molar-refractivity contribution in [2.24, 2.45) is 0 Å². The lowest BCUT2D eigenvalue weighted by molar-refractivity contribution is -0.116. The second-order valence-electron chi connectivity index (χ2n) is 6.18. The first kappa shape index (κ1) is 18.7. The molecule has 0 saturated carbocycles. The number of carbonyl (C=O) groups is 2. The second kappa shape index (κ2) is 7.37. The summed E-state index contributed by atoms with van der Waals surface area (Å²) in [5, 5.41) is 22.3. The number of ether oxygens (including phenoxy) is 1. The molecule has 1 fully saturated rings. The summed E-state index contributed by atoms with van der Waals surface area (Å²) in [6, 6.07) is 0. The molecule has 0 spiro atoms. The van der Waals surface area contributed by atoms with Gasteiger partial charge in [0.2, 0.25) is 11.0 Å². The van der Waals surface area contributed by atoms with Gasteiger partial charge in [-0.2, -0.15) is 0 Å². The van der Waals surface area contributed by atoms with Crippen molar-refractivity contribution in [2.45, 2.75) is 32.4 Å². The molecule has 0 aromatic carbocycles. The fraction of sp³-hybridized carbons (Fsp3) is 0.375. The van der Waals surface area contributed by atoms with Gasteiger partial charge in [-0.3, -0.25) is 19.5 Å². The molecule has 1 aliphatic heterocycles. The van der Waals surface area contributed by atoms with Gasteiger partial charge in [-0.1, -0.05) is 11.3 Å². The molecule has 3 aromatic rings. The van der Waals surface area contributed by atoms with Gasteiger partial charge in [-0.15, -0.1) is 21.5 Å². The smallest absolute Gasteiger partial charge is 0.337 e. The minimum Gasteiger partial charge on any atom is -0.478 e. The molecule has 28 heavy (non-hydrogen) atoms. The van der Waals surface area contributed by atoms with Crippen LogP contribution < -0.4 is 10.9 Å². The number of carbonyl (C=O) groups excluding carboxylic acids is 1. The number of carboxylic acids is 1. The predicted octanol–water partition coefficient (Wildman–Crippen LogP) is 1.81. The first-order valence-corrected chi connectivity index (χ1v) is 10.1. The van der Waals surface area contributed by atoms with Crippen molar-refractivity contribution in [2.75, 3.05) is 11.9 Å². The Hall–Kier alpha value is -2.70. The first-order chi connectivity index (χ1) is 13.4. The summed E-state index contributed by atoms with van der Waals surface area (Å²) in [7, 11) is 0.